The largest absolute Gasteiger partial charge is 0.326 e. The van der Waals surface area contributed by atoms with Crippen LogP contribution in [-0.2, 0) is 6.54 Å². The number of benzene rings is 1. The molecule has 0 amide bonds. The fourth-order valence-electron chi connectivity index (χ4n) is 2.11. The van der Waals surface area contributed by atoms with Crippen LogP contribution in [-0.4, -0.2) is 10.7 Å². The molecular weight excluding hydrogens is 349 g/mol. The lowest BCUT2D eigenvalue weighted by atomic mass is 10.1. The first kappa shape index (κ1) is 13.3. The molecule has 2 aliphatic heterocycles. The third kappa shape index (κ3) is 2.49. The maximum absolute atomic E-state index is 13.8. The Morgan fingerprint density at radius 3 is 2.89 bits per heavy atom. The minimum Gasteiger partial charge on any atom is -0.326 e. The van der Waals surface area contributed by atoms with Crippen molar-refractivity contribution >= 4 is 39.3 Å². The second-order valence-electron chi connectivity index (χ2n) is 4.24. The van der Waals surface area contributed by atoms with E-state index in [-0.39, 0.29) is 5.82 Å². The van der Waals surface area contributed by atoms with E-state index in [1.54, 1.807) is 23.9 Å². The number of rotatable bonds is 2. The standard InChI is InChI=1S/C14H10BrClFNS/c15-10-8-19-12-5-6-13(16)18(14(10)12)7-9-3-1-2-4-11(9)17/h1-6H,7-8H2. The van der Waals surface area contributed by atoms with Crippen molar-refractivity contribution < 1.29 is 4.39 Å². The van der Waals surface area contributed by atoms with Crippen LogP contribution < -0.4 is 0 Å². The first-order valence-corrected chi connectivity index (χ1v) is 7.92. The second-order valence-corrected chi connectivity index (χ2v) is 6.60. The van der Waals surface area contributed by atoms with Gasteiger partial charge in [-0.1, -0.05) is 45.7 Å². The first-order valence-electron chi connectivity index (χ1n) is 5.77. The molecule has 1 nitrogen and oxygen atoms in total. The van der Waals surface area contributed by atoms with Crippen LogP contribution in [0.5, 0.6) is 0 Å². The number of allylic oxidation sites excluding steroid dienone is 2. The van der Waals surface area contributed by atoms with E-state index in [1.807, 2.05) is 23.1 Å². The molecule has 0 aromatic heterocycles. The van der Waals surface area contributed by atoms with Gasteiger partial charge in [-0.25, -0.2) is 4.39 Å². The molecule has 0 unspecified atom stereocenters. The van der Waals surface area contributed by atoms with Crippen LogP contribution in [0.25, 0.3) is 0 Å². The Morgan fingerprint density at radius 2 is 2.11 bits per heavy atom. The number of thioether (sulfide) groups is 1. The van der Waals surface area contributed by atoms with Gasteiger partial charge in [0.2, 0.25) is 0 Å². The lowest BCUT2D eigenvalue weighted by Gasteiger charge is -2.28. The van der Waals surface area contributed by atoms with Crippen molar-refractivity contribution in [1.82, 2.24) is 4.90 Å². The SMILES string of the molecule is Fc1ccccc1CN1C(Cl)=CC=C2SCC(Br)=C21. The summed E-state index contributed by atoms with van der Waals surface area (Å²) in [5.74, 6) is 0.692. The number of halogens is 3. The van der Waals surface area contributed by atoms with Gasteiger partial charge in [-0.15, -0.1) is 11.8 Å². The topological polar surface area (TPSA) is 3.24 Å². The Bertz CT molecular complexity index is 624. The molecule has 19 heavy (non-hydrogen) atoms. The van der Waals surface area contributed by atoms with Crippen LogP contribution in [0.2, 0.25) is 0 Å². The summed E-state index contributed by atoms with van der Waals surface area (Å²) in [6.45, 7) is 0.435. The van der Waals surface area contributed by atoms with Crippen LogP contribution >= 0.6 is 39.3 Å². The monoisotopic (exact) mass is 357 g/mol. The fraction of sp³-hybridized carbons (Fsp3) is 0.143. The summed E-state index contributed by atoms with van der Waals surface area (Å²) in [6.07, 6.45) is 3.87. The van der Waals surface area contributed by atoms with E-state index in [4.69, 9.17) is 11.6 Å². The van der Waals surface area contributed by atoms with Gasteiger partial charge in [0.1, 0.15) is 11.0 Å². The van der Waals surface area contributed by atoms with E-state index in [9.17, 15) is 4.39 Å². The summed E-state index contributed by atoms with van der Waals surface area (Å²) >= 11 is 11.6. The zero-order chi connectivity index (χ0) is 13.4. The highest BCUT2D eigenvalue weighted by molar-refractivity contribution is 9.12. The molecule has 2 heterocycles. The molecule has 0 N–H and O–H groups in total. The maximum Gasteiger partial charge on any atom is 0.128 e. The lowest BCUT2D eigenvalue weighted by molar-refractivity contribution is 0.440. The molecule has 0 aliphatic carbocycles. The van der Waals surface area contributed by atoms with E-state index in [2.05, 4.69) is 15.9 Å². The molecular formula is C14H10BrClFNS. The summed E-state index contributed by atoms with van der Waals surface area (Å²) in [6, 6.07) is 6.79. The molecule has 1 aromatic carbocycles. The highest BCUT2D eigenvalue weighted by atomic mass is 79.9. The third-order valence-corrected chi connectivity index (χ3v) is 5.46. The summed E-state index contributed by atoms with van der Waals surface area (Å²) in [4.78, 5) is 3.12. The Balaban J connectivity index is 1.96. The average Bonchev–Trinajstić information content (AvgIpc) is 2.77. The summed E-state index contributed by atoms with van der Waals surface area (Å²) < 4.78 is 14.9. The summed E-state index contributed by atoms with van der Waals surface area (Å²) in [7, 11) is 0. The van der Waals surface area contributed by atoms with Gasteiger partial charge in [0.15, 0.2) is 0 Å². The van der Waals surface area contributed by atoms with Crippen LogP contribution in [0, 0.1) is 5.82 Å². The van der Waals surface area contributed by atoms with Gasteiger partial charge in [0.05, 0.1) is 12.2 Å². The van der Waals surface area contributed by atoms with Crippen molar-refractivity contribution in [2.75, 3.05) is 5.75 Å². The van der Waals surface area contributed by atoms with Crippen molar-refractivity contribution in [1.29, 1.82) is 0 Å². The van der Waals surface area contributed by atoms with Crippen molar-refractivity contribution in [3.8, 4) is 0 Å². The molecule has 0 atom stereocenters. The Kier molecular flexibility index (Phi) is 3.74. The van der Waals surface area contributed by atoms with Gasteiger partial charge < -0.3 is 4.90 Å². The van der Waals surface area contributed by atoms with Gasteiger partial charge in [-0.2, -0.15) is 0 Å². The predicted octanol–water partition coefficient (Wildman–Crippen LogP) is 4.96. The van der Waals surface area contributed by atoms with Crippen molar-refractivity contribution in [2.24, 2.45) is 0 Å². The maximum atomic E-state index is 13.8. The number of hydrogen-bond donors (Lipinski definition) is 0. The van der Waals surface area contributed by atoms with Crippen LogP contribution in [0.3, 0.4) is 0 Å². The highest BCUT2D eigenvalue weighted by Crippen LogP contribution is 2.45. The Hall–Kier alpha value is -0.710. The Labute approximate surface area is 128 Å². The number of fused-ring (bicyclic) bond motifs is 1. The van der Waals surface area contributed by atoms with Gasteiger partial charge in [-0.3, -0.25) is 0 Å². The van der Waals surface area contributed by atoms with E-state index >= 15 is 0 Å². The molecule has 0 radical (unpaired) electrons. The van der Waals surface area contributed by atoms with Crippen LogP contribution in [0.4, 0.5) is 4.39 Å². The van der Waals surface area contributed by atoms with Gasteiger partial charge in [0.25, 0.3) is 0 Å². The molecule has 3 rings (SSSR count). The Morgan fingerprint density at radius 1 is 1.32 bits per heavy atom. The van der Waals surface area contributed by atoms with E-state index in [1.165, 1.54) is 11.0 Å². The smallest absolute Gasteiger partial charge is 0.128 e. The van der Waals surface area contributed by atoms with E-state index in [0.29, 0.717) is 17.3 Å². The first-order chi connectivity index (χ1) is 9.16. The van der Waals surface area contributed by atoms with Gasteiger partial charge >= 0.3 is 0 Å². The normalized spacial score (nSPS) is 18.4. The molecule has 0 saturated carbocycles. The fourth-order valence-corrected chi connectivity index (χ4v) is 4.17. The van der Waals surface area contributed by atoms with Gasteiger partial charge in [-0.05, 0) is 18.2 Å². The van der Waals surface area contributed by atoms with Gasteiger partial charge in [0, 0.05) is 20.7 Å². The number of nitrogens with zero attached hydrogens (tertiary/aromatic N) is 1. The molecule has 5 heteroatoms. The molecule has 98 valence electrons. The van der Waals surface area contributed by atoms with E-state index in [0.717, 1.165) is 15.9 Å². The minimum atomic E-state index is -0.203. The highest BCUT2D eigenvalue weighted by Gasteiger charge is 2.28. The van der Waals surface area contributed by atoms with Crippen molar-refractivity contribution in [2.45, 2.75) is 6.54 Å². The summed E-state index contributed by atoms with van der Waals surface area (Å²) in [5.41, 5.74) is 1.70. The average molecular weight is 359 g/mol. The summed E-state index contributed by atoms with van der Waals surface area (Å²) in [5, 5.41) is 0.612. The van der Waals surface area contributed by atoms with Crippen molar-refractivity contribution in [3.05, 3.63) is 68.0 Å². The van der Waals surface area contributed by atoms with E-state index < -0.39 is 0 Å². The van der Waals surface area contributed by atoms with Crippen molar-refractivity contribution in [3.63, 3.8) is 0 Å². The molecule has 1 aromatic rings. The molecule has 0 bridgehead atoms. The molecule has 0 spiro atoms. The number of hydrogen-bond acceptors (Lipinski definition) is 2. The van der Waals surface area contributed by atoms with Crippen LogP contribution in [0.15, 0.2) is 56.7 Å². The van der Waals surface area contributed by atoms with Crippen LogP contribution in [0.1, 0.15) is 5.56 Å². The molecule has 2 aliphatic rings. The molecule has 0 saturated heterocycles. The molecule has 0 fully saturated rings. The lowest BCUT2D eigenvalue weighted by Crippen LogP contribution is -2.22. The third-order valence-electron chi connectivity index (χ3n) is 3.03. The zero-order valence-electron chi connectivity index (χ0n) is 9.87. The predicted molar refractivity (Wildman–Crippen MR) is 82.4 cm³/mol. The zero-order valence-corrected chi connectivity index (χ0v) is 13.0. The second kappa shape index (κ2) is 5.35. The quantitative estimate of drug-likeness (QED) is 0.688. The minimum absolute atomic E-state index is 0.203.